The summed E-state index contributed by atoms with van der Waals surface area (Å²) in [6.45, 7) is 0. The number of anilines is 2. The normalized spacial score (nSPS) is 11.1. The van der Waals surface area contributed by atoms with Crippen molar-refractivity contribution in [3.63, 3.8) is 0 Å². The van der Waals surface area contributed by atoms with Crippen molar-refractivity contribution in [1.29, 1.82) is 0 Å². The molecular weight excluding hydrogens is 414 g/mol. The minimum absolute atomic E-state index is 0.0598. The zero-order valence-corrected chi connectivity index (χ0v) is 17.4. The van der Waals surface area contributed by atoms with E-state index in [2.05, 4.69) is 15.5 Å². The fourth-order valence-electron chi connectivity index (χ4n) is 2.92. The summed E-state index contributed by atoms with van der Waals surface area (Å²) in [6, 6.07) is 24.0. The summed E-state index contributed by atoms with van der Waals surface area (Å²) in [4.78, 5) is 14.0. The van der Waals surface area contributed by atoms with E-state index in [9.17, 15) is 13.2 Å². The molecule has 0 atom stereocenters. The number of hydrogen-bond donors (Lipinski definition) is 1. The third kappa shape index (κ3) is 4.31. The lowest BCUT2D eigenvalue weighted by Crippen LogP contribution is -2.26. The van der Waals surface area contributed by atoms with E-state index in [1.807, 2.05) is 36.4 Å². The van der Waals surface area contributed by atoms with Crippen molar-refractivity contribution < 1.29 is 13.2 Å². The van der Waals surface area contributed by atoms with E-state index in [4.69, 9.17) is 0 Å². The topological polar surface area (TPSA) is 97.2 Å². The molecule has 1 aromatic heterocycles. The average Bonchev–Trinajstić information content (AvgIpc) is 3.30. The Balaban J connectivity index is 1.54. The molecule has 0 aliphatic heterocycles. The van der Waals surface area contributed by atoms with Gasteiger partial charge in [0, 0.05) is 12.7 Å². The highest BCUT2D eigenvalue weighted by Crippen LogP contribution is 2.23. The molecule has 31 heavy (non-hydrogen) atoms. The number of nitrogens with one attached hydrogen (secondary N) is 1. The Morgan fingerprint density at radius 2 is 1.61 bits per heavy atom. The second-order valence-electron chi connectivity index (χ2n) is 6.64. The Bertz CT molecular complexity index is 1310. The first kappa shape index (κ1) is 20.3. The smallest absolute Gasteiger partial charge is 0.277 e. The van der Waals surface area contributed by atoms with Crippen LogP contribution in [0.2, 0.25) is 0 Å². The summed E-state index contributed by atoms with van der Waals surface area (Å²) in [5.74, 6) is -0.492. The fourth-order valence-corrected chi connectivity index (χ4v) is 4.16. The van der Waals surface area contributed by atoms with Gasteiger partial charge < -0.3 is 5.32 Å². The summed E-state index contributed by atoms with van der Waals surface area (Å²) in [5.41, 5.74) is 1.70. The van der Waals surface area contributed by atoms with Gasteiger partial charge in [-0.1, -0.05) is 42.5 Å². The minimum atomic E-state index is -3.80. The van der Waals surface area contributed by atoms with Crippen LogP contribution in [0.4, 0.5) is 11.4 Å². The molecule has 0 saturated heterocycles. The second kappa shape index (κ2) is 8.41. The van der Waals surface area contributed by atoms with E-state index in [1.165, 1.54) is 34.5 Å². The van der Waals surface area contributed by atoms with Crippen LogP contribution in [0.15, 0.2) is 96.0 Å². The molecule has 0 radical (unpaired) electrons. The molecule has 1 heterocycles. The number of carbonyl (C=O) groups is 1. The Kier molecular flexibility index (Phi) is 5.50. The second-order valence-corrected chi connectivity index (χ2v) is 8.61. The molecule has 4 aromatic rings. The summed E-state index contributed by atoms with van der Waals surface area (Å²) < 4.78 is 27.2. The molecule has 0 aliphatic rings. The van der Waals surface area contributed by atoms with Gasteiger partial charge in [-0.05, 0) is 42.5 Å². The molecular formula is C22H19N5O3S. The van der Waals surface area contributed by atoms with Crippen molar-refractivity contribution in [3.8, 4) is 5.69 Å². The van der Waals surface area contributed by atoms with Gasteiger partial charge in [-0.15, -0.1) is 5.10 Å². The molecule has 9 heteroatoms. The van der Waals surface area contributed by atoms with Crippen LogP contribution in [0, 0.1) is 0 Å². The molecule has 0 saturated carbocycles. The zero-order chi connectivity index (χ0) is 21.8. The molecule has 0 unspecified atom stereocenters. The van der Waals surface area contributed by atoms with Gasteiger partial charge in [-0.3, -0.25) is 9.10 Å². The van der Waals surface area contributed by atoms with Gasteiger partial charge >= 0.3 is 0 Å². The Morgan fingerprint density at radius 1 is 0.935 bits per heavy atom. The average molecular weight is 433 g/mol. The molecule has 1 N–H and O–H groups in total. The first-order valence-electron chi connectivity index (χ1n) is 9.38. The maximum atomic E-state index is 13.0. The minimum Gasteiger partial charge on any atom is -0.321 e. The van der Waals surface area contributed by atoms with Crippen molar-refractivity contribution in [2.75, 3.05) is 16.7 Å². The predicted molar refractivity (Wildman–Crippen MR) is 118 cm³/mol. The Labute approximate surface area is 179 Å². The van der Waals surface area contributed by atoms with Crippen LogP contribution in [-0.2, 0) is 10.0 Å². The van der Waals surface area contributed by atoms with Gasteiger partial charge in [-0.25, -0.2) is 8.42 Å². The summed E-state index contributed by atoms with van der Waals surface area (Å²) in [6.07, 6.45) is 1.35. The summed E-state index contributed by atoms with van der Waals surface area (Å²) in [7, 11) is -2.31. The first-order chi connectivity index (χ1) is 14.9. The van der Waals surface area contributed by atoms with E-state index in [1.54, 1.807) is 36.4 Å². The number of carbonyl (C=O) groups excluding carboxylic acids is 1. The van der Waals surface area contributed by atoms with Crippen molar-refractivity contribution in [1.82, 2.24) is 15.0 Å². The van der Waals surface area contributed by atoms with Gasteiger partial charge in [0.2, 0.25) is 0 Å². The highest BCUT2D eigenvalue weighted by Gasteiger charge is 2.22. The van der Waals surface area contributed by atoms with Crippen molar-refractivity contribution in [2.24, 2.45) is 0 Å². The molecule has 0 fully saturated rings. The molecule has 3 aromatic carbocycles. The van der Waals surface area contributed by atoms with Crippen LogP contribution >= 0.6 is 0 Å². The van der Waals surface area contributed by atoms with E-state index in [-0.39, 0.29) is 10.6 Å². The highest BCUT2D eigenvalue weighted by molar-refractivity contribution is 7.92. The predicted octanol–water partition coefficient (Wildman–Crippen LogP) is 3.34. The summed E-state index contributed by atoms with van der Waals surface area (Å²) in [5, 5.41) is 11.0. The number of rotatable bonds is 6. The molecule has 1 amide bonds. The highest BCUT2D eigenvalue weighted by atomic mass is 32.2. The molecule has 156 valence electrons. The first-order valence-corrected chi connectivity index (χ1v) is 10.8. The number of sulfonamides is 1. The van der Waals surface area contributed by atoms with Crippen molar-refractivity contribution >= 4 is 27.3 Å². The van der Waals surface area contributed by atoms with Crippen LogP contribution in [0.1, 0.15) is 10.5 Å². The van der Waals surface area contributed by atoms with Crippen LogP contribution in [0.3, 0.4) is 0 Å². The van der Waals surface area contributed by atoms with Gasteiger partial charge in [0.15, 0.2) is 5.69 Å². The van der Waals surface area contributed by atoms with Crippen LogP contribution in [-0.4, -0.2) is 36.4 Å². The van der Waals surface area contributed by atoms with Crippen LogP contribution < -0.4 is 9.62 Å². The third-order valence-corrected chi connectivity index (χ3v) is 6.36. The lowest BCUT2D eigenvalue weighted by Gasteiger charge is -2.19. The lowest BCUT2D eigenvalue weighted by atomic mass is 10.3. The Hall–Kier alpha value is -3.98. The molecule has 0 spiro atoms. The molecule has 8 nitrogen and oxygen atoms in total. The molecule has 0 aliphatic carbocycles. The number of para-hydroxylation sites is 2. The van der Waals surface area contributed by atoms with Gasteiger partial charge in [0.25, 0.3) is 15.9 Å². The van der Waals surface area contributed by atoms with Gasteiger partial charge in [0.05, 0.1) is 22.5 Å². The number of benzene rings is 3. The monoisotopic (exact) mass is 433 g/mol. The Morgan fingerprint density at radius 3 is 2.32 bits per heavy atom. The van der Waals surface area contributed by atoms with Crippen LogP contribution in [0.5, 0.6) is 0 Å². The van der Waals surface area contributed by atoms with E-state index in [0.717, 1.165) is 5.69 Å². The number of aromatic nitrogens is 3. The maximum Gasteiger partial charge on any atom is 0.277 e. The number of nitrogens with zero attached hydrogens (tertiary/aromatic N) is 4. The zero-order valence-electron chi connectivity index (χ0n) is 16.6. The van der Waals surface area contributed by atoms with Crippen molar-refractivity contribution in [3.05, 3.63) is 96.8 Å². The SMILES string of the molecule is CN(c1ccccc1)S(=O)(=O)c1cccc(NC(=O)c2cnn(-c3ccccc3)n2)c1. The van der Waals surface area contributed by atoms with Crippen LogP contribution in [0.25, 0.3) is 5.69 Å². The van der Waals surface area contributed by atoms with Crippen molar-refractivity contribution in [2.45, 2.75) is 4.90 Å². The third-order valence-electron chi connectivity index (χ3n) is 4.58. The van der Waals surface area contributed by atoms with E-state index >= 15 is 0 Å². The van der Waals surface area contributed by atoms with E-state index in [0.29, 0.717) is 11.4 Å². The quantitative estimate of drug-likeness (QED) is 0.503. The van der Waals surface area contributed by atoms with Gasteiger partial charge in [-0.2, -0.15) is 9.90 Å². The largest absolute Gasteiger partial charge is 0.321 e. The summed E-state index contributed by atoms with van der Waals surface area (Å²) >= 11 is 0. The maximum absolute atomic E-state index is 13.0. The van der Waals surface area contributed by atoms with E-state index < -0.39 is 15.9 Å². The standard InChI is InChI=1S/C22H19N5O3S/c1-26(18-10-4-2-5-11-18)31(29,30)20-14-8-9-17(15-20)24-22(28)21-16-23-27(25-21)19-12-6-3-7-13-19/h2-16H,1H3,(H,24,28). The fraction of sp³-hybridized carbons (Fsp3) is 0.0455. The number of hydrogen-bond acceptors (Lipinski definition) is 5. The van der Waals surface area contributed by atoms with Gasteiger partial charge in [0.1, 0.15) is 0 Å². The lowest BCUT2D eigenvalue weighted by molar-refractivity contribution is 0.102. The molecule has 4 rings (SSSR count). The molecule has 0 bridgehead atoms. The number of amides is 1.